The van der Waals surface area contributed by atoms with Crippen LogP contribution in [0, 0.1) is 6.92 Å². The Balaban J connectivity index is 3.44. The molecule has 0 aliphatic carbocycles. The first kappa shape index (κ1) is 9.25. The Morgan fingerprint density at radius 1 is 1.46 bits per heavy atom. The minimum atomic E-state index is -1.25. The minimum Gasteiger partial charge on any atom is -0.506 e. The molecule has 0 atom stereocenters. The molecule has 1 rings (SSSR count). The van der Waals surface area contributed by atoms with Crippen molar-refractivity contribution in [3.8, 4) is 5.75 Å². The highest BCUT2D eigenvalue weighted by atomic mass is 16.4. The molecule has 0 fully saturated rings. The Hall–Kier alpha value is -1.84. The molecular weight excluding hydrogens is 172 g/mol. The fourth-order valence-electron chi connectivity index (χ4n) is 1.06. The second-order valence-electron chi connectivity index (χ2n) is 2.67. The molecule has 68 valence electrons. The van der Waals surface area contributed by atoms with Gasteiger partial charge in [-0.3, -0.25) is 4.79 Å². The van der Waals surface area contributed by atoms with Crippen LogP contribution in [0.2, 0.25) is 0 Å². The van der Waals surface area contributed by atoms with E-state index in [0.29, 0.717) is 11.8 Å². The molecule has 2 N–H and O–H groups in total. The van der Waals surface area contributed by atoms with Gasteiger partial charge in [0.05, 0.1) is 5.56 Å². The monoisotopic (exact) mass is 180 g/mol. The standard InChI is InChI=1S/C9H8O4/c1-5-2-6(4-10)8(11)7(3-5)9(12)13/h2-4,11H,1H3,(H,12,13). The zero-order chi connectivity index (χ0) is 10.0. The number of carbonyl (C=O) groups is 2. The van der Waals surface area contributed by atoms with Crippen LogP contribution in [0.4, 0.5) is 0 Å². The van der Waals surface area contributed by atoms with E-state index in [1.165, 1.54) is 12.1 Å². The van der Waals surface area contributed by atoms with Crippen LogP contribution in [-0.2, 0) is 0 Å². The topological polar surface area (TPSA) is 74.6 Å². The fraction of sp³-hybridized carbons (Fsp3) is 0.111. The second kappa shape index (κ2) is 3.26. The number of hydrogen-bond acceptors (Lipinski definition) is 3. The molecule has 4 heteroatoms. The second-order valence-corrected chi connectivity index (χ2v) is 2.67. The predicted molar refractivity (Wildman–Crippen MR) is 45.2 cm³/mol. The summed E-state index contributed by atoms with van der Waals surface area (Å²) in [5.74, 6) is -1.72. The Morgan fingerprint density at radius 3 is 2.54 bits per heavy atom. The number of aryl methyl sites for hydroxylation is 1. The van der Waals surface area contributed by atoms with Crippen LogP contribution < -0.4 is 0 Å². The SMILES string of the molecule is Cc1cc(C=O)c(O)c(C(=O)O)c1. The Bertz CT molecular complexity index is 368. The van der Waals surface area contributed by atoms with Gasteiger partial charge in [-0.25, -0.2) is 4.79 Å². The van der Waals surface area contributed by atoms with Crippen molar-refractivity contribution in [2.45, 2.75) is 6.92 Å². The van der Waals surface area contributed by atoms with Crippen LogP contribution in [0.25, 0.3) is 0 Å². The van der Waals surface area contributed by atoms with Crippen molar-refractivity contribution in [1.82, 2.24) is 0 Å². The van der Waals surface area contributed by atoms with E-state index in [2.05, 4.69) is 0 Å². The first-order valence-corrected chi connectivity index (χ1v) is 3.58. The van der Waals surface area contributed by atoms with Crippen LogP contribution in [0.5, 0.6) is 5.75 Å². The van der Waals surface area contributed by atoms with Crippen LogP contribution in [-0.4, -0.2) is 22.5 Å². The first-order chi connectivity index (χ1) is 6.06. The Labute approximate surface area is 74.4 Å². The summed E-state index contributed by atoms with van der Waals surface area (Å²) in [5.41, 5.74) is 0.372. The molecule has 1 aromatic rings. The van der Waals surface area contributed by atoms with E-state index in [1.54, 1.807) is 6.92 Å². The molecule has 0 saturated heterocycles. The summed E-state index contributed by atoms with van der Waals surface area (Å²) >= 11 is 0. The van der Waals surface area contributed by atoms with Gasteiger partial charge in [-0.15, -0.1) is 0 Å². The maximum absolute atomic E-state index is 10.6. The van der Waals surface area contributed by atoms with E-state index in [0.717, 1.165) is 0 Å². The average Bonchev–Trinajstić information content (AvgIpc) is 2.08. The van der Waals surface area contributed by atoms with Crippen molar-refractivity contribution < 1.29 is 19.8 Å². The third kappa shape index (κ3) is 1.66. The molecule has 13 heavy (non-hydrogen) atoms. The van der Waals surface area contributed by atoms with E-state index < -0.39 is 11.7 Å². The summed E-state index contributed by atoms with van der Waals surface area (Å²) < 4.78 is 0. The van der Waals surface area contributed by atoms with Crippen molar-refractivity contribution in [2.75, 3.05) is 0 Å². The summed E-state index contributed by atoms with van der Waals surface area (Å²) in [6.07, 6.45) is 0.425. The lowest BCUT2D eigenvalue weighted by molar-refractivity contribution is 0.0693. The fourth-order valence-corrected chi connectivity index (χ4v) is 1.06. The number of carboxylic acid groups (broad SMARTS) is 1. The highest BCUT2D eigenvalue weighted by molar-refractivity contribution is 5.95. The summed E-state index contributed by atoms with van der Waals surface area (Å²) in [7, 11) is 0. The molecule has 0 saturated carbocycles. The van der Waals surface area contributed by atoms with Gasteiger partial charge in [0.2, 0.25) is 0 Å². The third-order valence-corrected chi connectivity index (χ3v) is 1.64. The van der Waals surface area contributed by atoms with Gasteiger partial charge in [0.15, 0.2) is 6.29 Å². The molecule has 0 amide bonds. The summed E-state index contributed by atoms with van der Waals surface area (Å²) in [6, 6.07) is 2.74. The number of aromatic hydroxyl groups is 1. The highest BCUT2D eigenvalue weighted by Crippen LogP contribution is 2.22. The summed E-state index contributed by atoms with van der Waals surface area (Å²) in [5, 5.41) is 17.9. The smallest absolute Gasteiger partial charge is 0.339 e. The molecule has 0 spiro atoms. The number of rotatable bonds is 2. The highest BCUT2D eigenvalue weighted by Gasteiger charge is 2.13. The third-order valence-electron chi connectivity index (χ3n) is 1.64. The summed E-state index contributed by atoms with van der Waals surface area (Å²) in [4.78, 5) is 21.0. The van der Waals surface area contributed by atoms with E-state index in [4.69, 9.17) is 5.11 Å². The lowest BCUT2D eigenvalue weighted by Crippen LogP contribution is -1.99. The van der Waals surface area contributed by atoms with Crippen molar-refractivity contribution in [1.29, 1.82) is 0 Å². The van der Waals surface area contributed by atoms with E-state index in [1.807, 2.05) is 0 Å². The molecule has 0 aliphatic rings. The average molecular weight is 180 g/mol. The van der Waals surface area contributed by atoms with Crippen molar-refractivity contribution in [3.05, 3.63) is 28.8 Å². The molecule has 0 aromatic heterocycles. The van der Waals surface area contributed by atoms with Gasteiger partial charge in [-0.1, -0.05) is 0 Å². The van der Waals surface area contributed by atoms with Crippen LogP contribution in [0.1, 0.15) is 26.3 Å². The normalized spacial score (nSPS) is 9.62. The van der Waals surface area contributed by atoms with E-state index in [9.17, 15) is 14.7 Å². The molecular formula is C9H8O4. The molecule has 0 bridgehead atoms. The minimum absolute atomic E-state index is 0.00241. The number of carboxylic acids is 1. The zero-order valence-corrected chi connectivity index (χ0v) is 6.94. The van der Waals surface area contributed by atoms with Crippen molar-refractivity contribution >= 4 is 12.3 Å². The lowest BCUT2D eigenvalue weighted by Gasteiger charge is -2.03. The van der Waals surface area contributed by atoms with Gasteiger partial charge in [0.1, 0.15) is 11.3 Å². The number of benzene rings is 1. The maximum Gasteiger partial charge on any atom is 0.339 e. The molecule has 0 heterocycles. The van der Waals surface area contributed by atoms with Gasteiger partial charge >= 0.3 is 5.97 Å². The number of carbonyl (C=O) groups excluding carboxylic acids is 1. The maximum atomic E-state index is 10.6. The lowest BCUT2D eigenvalue weighted by atomic mass is 10.1. The van der Waals surface area contributed by atoms with Gasteiger partial charge < -0.3 is 10.2 Å². The zero-order valence-electron chi connectivity index (χ0n) is 6.94. The van der Waals surface area contributed by atoms with Gasteiger partial charge in [-0.05, 0) is 24.6 Å². The van der Waals surface area contributed by atoms with E-state index >= 15 is 0 Å². The quantitative estimate of drug-likeness (QED) is 0.671. The number of aldehydes is 1. The van der Waals surface area contributed by atoms with Crippen LogP contribution in [0.15, 0.2) is 12.1 Å². The largest absolute Gasteiger partial charge is 0.506 e. The Kier molecular flexibility index (Phi) is 2.32. The molecule has 0 radical (unpaired) electrons. The number of phenols is 1. The van der Waals surface area contributed by atoms with Crippen LogP contribution >= 0.6 is 0 Å². The molecule has 0 unspecified atom stereocenters. The molecule has 0 aliphatic heterocycles. The van der Waals surface area contributed by atoms with Crippen LogP contribution in [0.3, 0.4) is 0 Å². The van der Waals surface area contributed by atoms with Gasteiger partial charge in [0.25, 0.3) is 0 Å². The predicted octanol–water partition coefficient (Wildman–Crippen LogP) is 1.21. The first-order valence-electron chi connectivity index (χ1n) is 3.58. The summed E-state index contributed by atoms with van der Waals surface area (Å²) in [6.45, 7) is 1.65. The van der Waals surface area contributed by atoms with Crippen molar-refractivity contribution in [3.63, 3.8) is 0 Å². The molecule has 1 aromatic carbocycles. The Morgan fingerprint density at radius 2 is 2.08 bits per heavy atom. The van der Waals surface area contributed by atoms with Crippen molar-refractivity contribution in [2.24, 2.45) is 0 Å². The van der Waals surface area contributed by atoms with Gasteiger partial charge in [-0.2, -0.15) is 0 Å². The van der Waals surface area contributed by atoms with E-state index in [-0.39, 0.29) is 11.1 Å². The number of hydrogen-bond donors (Lipinski definition) is 2. The number of aromatic carboxylic acids is 1. The molecule has 4 nitrogen and oxygen atoms in total. The van der Waals surface area contributed by atoms with Gasteiger partial charge in [0, 0.05) is 0 Å².